The number of nitrogens with one attached hydrogen (secondary N) is 1. The van der Waals surface area contributed by atoms with Crippen LogP contribution in [0.4, 0.5) is 0 Å². The molecule has 20 heavy (non-hydrogen) atoms. The fourth-order valence-electron chi connectivity index (χ4n) is 2.89. The molecule has 1 aliphatic heterocycles. The molecule has 0 saturated carbocycles. The third-order valence-corrected chi connectivity index (χ3v) is 5.11. The maximum Gasteiger partial charge on any atom is 0.0221 e. The van der Waals surface area contributed by atoms with Crippen molar-refractivity contribution in [3.8, 4) is 0 Å². The first-order chi connectivity index (χ1) is 9.83. The molecule has 2 rings (SSSR count). The average Bonchev–Trinajstić information content (AvgIpc) is 2.50. The minimum absolute atomic E-state index is 0.685. The minimum Gasteiger partial charge on any atom is -0.311 e. The lowest BCUT2D eigenvalue weighted by Gasteiger charge is -2.40. The van der Waals surface area contributed by atoms with Gasteiger partial charge in [-0.05, 0) is 25.0 Å². The van der Waals surface area contributed by atoms with Crippen molar-refractivity contribution in [2.24, 2.45) is 0 Å². The SMILES string of the molecule is CCCC1CNC(CC)CN1CCSc1ccccc1. The second-order valence-corrected chi connectivity index (χ2v) is 6.78. The molecule has 1 aromatic carbocycles. The molecule has 112 valence electrons. The Labute approximate surface area is 128 Å². The van der Waals surface area contributed by atoms with Gasteiger partial charge in [-0.15, -0.1) is 11.8 Å². The number of hydrogen-bond donors (Lipinski definition) is 1. The Morgan fingerprint density at radius 1 is 1.25 bits per heavy atom. The molecule has 1 aliphatic rings. The van der Waals surface area contributed by atoms with Crippen LogP contribution in [0.2, 0.25) is 0 Å². The van der Waals surface area contributed by atoms with Gasteiger partial charge >= 0.3 is 0 Å². The molecule has 1 heterocycles. The maximum atomic E-state index is 3.69. The molecule has 1 N–H and O–H groups in total. The molecule has 0 amide bonds. The highest BCUT2D eigenvalue weighted by Gasteiger charge is 2.25. The van der Waals surface area contributed by atoms with E-state index in [9.17, 15) is 0 Å². The molecule has 0 bridgehead atoms. The van der Waals surface area contributed by atoms with E-state index in [4.69, 9.17) is 0 Å². The average molecular weight is 292 g/mol. The van der Waals surface area contributed by atoms with Gasteiger partial charge in [0.25, 0.3) is 0 Å². The largest absolute Gasteiger partial charge is 0.311 e. The zero-order valence-corrected chi connectivity index (χ0v) is 13.7. The van der Waals surface area contributed by atoms with Crippen molar-refractivity contribution in [3.05, 3.63) is 30.3 Å². The Kier molecular flexibility index (Phi) is 6.91. The Bertz CT molecular complexity index is 369. The van der Waals surface area contributed by atoms with Gasteiger partial charge in [-0.2, -0.15) is 0 Å². The van der Waals surface area contributed by atoms with Crippen molar-refractivity contribution in [1.82, 2.24) is 10.2 Å². The van der Waals surface area contributed by atoms with Gasteiger partial charge in [-0.1, -0.05) is 38.5 Å². The molecule has 1 saturated heterocycles. The smallest absolute Gasteiger partial charge is 0.0221 e. The number of thioether (sulfide) groups is 1. The Morgan fingerprint density at radius 2 is 2.05 bits per heavy atom. The standard InChI is InChI=1S/C17H28N2S/c1-3-8-16-13-18-15(4-2)14-19(16)11-12-20-17-9-6-5-7-10-17/h5-7,9-10,15-16,18H,3-4,8,11-14H2,1-2H3. The molecule has 0 radical (unpaired) electrons. The van der Waals surface area contributed by atoms with Crippen LogP contribution in [-0.2, 0) is 0 Å². The van der Waals surface area contributed by atoms with Crippen LogP contribution in [0.1, 0.15) is 33.1 Å². The number of rotatable bonds is 7. The Morgan fingerprint density at radius 3 is 2.75 bits per heavy atom. The van der Waals surface area contributed by atoms with Gasteiger partial charge in [0.15, 0.2) is 0 Å². The molecule has 1 fully saturated rings. The molecular weight excluding hydrogens is 264 g/mol. The highest BCUT2D eigenvalue weighted by atomic mass is 32.2. The molecule has 0 aromatic heterocycles. The highest BCUT2D eigenvalue weighted by Crippen LogP contribution is 2.19. The lowest BCUT2D eigenvalue weighted by atomic mass is 10.0. The third-order valence-electron chi connectivity index (χ3n) is 4.12. The fourth-order valence-corrected chi connectivity index (χ4v) is 3.80. The zero-order valence-electron chi connectivity index (χ0n) is 12.8. The van der Waals surface area contributed by atoms with Gasteiger partial charge in [0, 0.05) is 42.4 Å². The van der Waals surface area contributed by atoms with Gasteiger partial charge in [0.05, 0.1) is 0 Å². The first-order valence-electron chi connectivity index (χ1n) is 7.98. The highest BCUT2D eigenvalue weighted by molar-refractivity contribution is 7.99. The Hall–Kier alpha value is -0.510. The molecule has 2 unspecified atom stereocenters. The lowest BCUT2D eigenvalue weighted by molar-refractivity contribution is 0.129. The first kappa shape index (κ1) is 15.9. The Balaban J connectivity index is 1.80. The topological polar surface area (TPSA) is 15.3 Å². The van der Waals surface area contributed by atoms with Crippen molar-refractivity contribution in [1.29, 1.82) is 0 Å². The van der Waals surface area contributed by atoms with Crippen LogP contribution in [0, 0.1) is 0 Å². The summed E-state index contributed by atoms with van der Waals surface area (Å²) in [6, 6.07) is 12.2. The second-order valence-electron chi connectivity index (χ2n) is 5.61. The predicted octanol–water partition coefficient (Wildman–Crippen LogP) is 3.63. The van der Waals surface area contributed by atoms with Gasteiger partial charge in [0.2, 0.25) is 0 Å². The van der Waals surface area contributed by atoms with Crippen LogP contribution in [0.3, 0.4) is 0 Å². The molecule has 0 spiro atoms. The fraction of sp³-hybridized carbons (Fsp3) is 0.647. The summed E-state index contributed by atoms with van der Waals surface area (Å²) in [6.45, 7) is 8.18. The van der Waals surface area contributed by atoms with Crippen LogP contribution in [0.25, 0.3) is 0 Å². The molecule has 2 atom stereocenters. The van der Waals surface area contributed by atoms with Gasteiger partial charge in [-0.25, -0.2) is 0 Å². The molecular formula is C17H28N2S. The van der Waals surface area contributed by atoms with E-state index >= 15 is 0 Å². The van der Waals surface area contributed by atoms with Gasteiger partial charge < -0.3 is 5.32 Å². The normalized spacial score (nSPS) is 23.9. The van der Waals surface area contributed by atoms with Crippen molar-refractivity contribution in [2.45, 2.75) is 50.1 Å². The number of nitrogens with zero attached hydrogens (tertiary/aromatic N) is 1. The number of piperazine rings is 1. The van der Waals surface area contributed by atoms with E-state index in [2.05, 4.69) is 54.4 Å². The molecule has 1 aromatic rings. The number of benzene rings is 1. The van der Waals surface area contributed by atoms with Crippen LogP contribution in [0.5, 0.6) is 0 Å². The van der Waals surface area contributed by atoms with E-state index < -0.39 is 0 Å². The quantitative estimate of drug-likeness (QED) is 0.773. The van der Waals surface area contributed by atoms with E-state index in [1.54, 1.807) is 0 Å². The minimum atomic E-state index is 0.685. The van der Waals surface area contributed by atoms with Crippen molar-refractivity contribution in [2.75, 3.05) is 25.4 Å². The second kappa shape index (κ2) is 8.71. The van der Waals surface area contributed by atoms with E-state index in [1.165, 1.54) is 49.5 Å². The van der Waals surface area contributed by atoms with Gasteiger partial charge in [-0.3, -0.25) is 4.90 Å². The maximum absolute atomic E-state index is 3.69. The summed E-state index contributed by atoms with van der Waals surface area (Å²) in [6.07, 6.45) is 3.84. The number of hydrogen-bond acceptors (Lipinski definition) is 3. The molecule has 0 aliphatic carbocycles. The molecule has 3 heteroatoms. The van der Waals surface area contributed by atoms with E-state index in [0.717, 1.165) is 6.04 Å². The summed E-state index contributed by atoms with van der Waals surface area (Å²) in [5.41, 5.74) is 0. The summed E-state index contributed by atoms with van der Waals surface area (Å²) in [4.78, 5) is 4.10. The van der Waals surface area contributed by atoms with Crippen LogP contribution in [-0.4, -0.2) is 42.4 Å². The summed E-state index contributed by atoms with van der Waals surface area (Å²) in [5.74, 6) is 1.20. The summed E-state index contributed by atoms with van der Waals surface area (Å²) < 4.78 is 0. The van der Waals surface area contributed by atoms with Gasteiger partial charge in [0.1, 0.15) is 0 Å². The summed E-state index contributed by atoms with van der Waals surface area (Å²) in [5, 5.41) is 3.69. The third kappa shape index (κ3) is 4.80. The van der Waals surface area contributed by atoms with Crippen LogP contribution >= 0.6 is 11.8 Å². The summed E-state index contributed by atoms with van der Waals surface area (Å²) >= 11 is 1.98. The first-order valence-corrected chi connectivity index (χ1v) is 8.97. The van der Waals surface area contributed by atoms with Crippen LogP contribution in [0.15, 0.2) is 35.2 Å². The van der Waals surface area contributed by atoms with E-state index in [1.807, 2.05) is 11.8 Å². The predicted molar refractivity (Wildman–Crippen MR) is 89.5 cm³/mol. The van der Waals surface area contributed by atoms with Crippen molar-refractivity contribution >= 4 is 11.8 Å². The van der Waals surface area contributed by atoms with Crippen molar-refractivity contribution in [3.63, 3.8) is 0 Å². The van der Waals surface area contributed by atoms with E-state index in [-0.39, 0.29) is 0 Å². The zero-order chi connectivity index (χ0) is 14.2. The lowest BCUT2D eigenvalue weighted by Crippen LogP contribution is -2.56. The monoisotopic (exact) mass is 292 g/mol. The van der Waals surface area contributed by atoms with Crippen molar-refractivity contribution < 1.29 is 0 Å². The molecule has 2 nitrogen and oxygen atoms in total. The van der Waals surface area contributed by atoms with E-state index in [0.29, 0.717) is 6.04 Å². The van der Waals surface area contributed by atoms with Crippen LogP contribution < -0.4 is 5.32 Å². The summed E-state index contributed by atoms with van der Waals surface area (Å²) in [7, 11) is 0.